The van der Waals surface area contributed by atoms with Gasteiger partial charge in [0.2, 0.25) is 0 Å². The first-order chi connectivity index (χ1) is 11.3. The normalized spacial score (nSPS) is 10.3. The van der Waals surface area contributed by atoms with E-state index in [1.54, 1.807) is 19.5 Å². The van der Waals surface area contributed by atoms with Gasteiger partial charge in [0.15, 0.2) is 0 Å². The van der Waals surface area contributed by atoms with Crippen molar-refractivity contribution in [2.24, 2.45) is 0 Å². The molecular weight excluding hydrogens is 292 g/mol. The molecule has 0 saturated carbocycles. The van der Waals surface area contributed by atoms with Crippen LogP contribution in [0.3, 0.4) is 0 Å². The Hall–Kier alpha value is -3.08. The van der Waals surface area contributed by atoms with Gasteiger partial charge in [-0.2, -0.15) is 9.78 Å². The van der Waals surface area contributed by atoms with Crippen LogP contribution >= 0.6 is 0 Å². The van der Waals surface area contributed by atoms with Gasteiger partial charge in [-0.15, -0.1) is 0 Å². The molecule has 0 atom stereocenters. The van der Waals surface area contributed by atoms with Crippen LogP contribution < -0.4 is 4.74 Å². The van der Waals surface area contributed by atoms with Crippen LogP contribution in [0.4, 0.5) is 4.79 Å². The maximum absolute atomic E-state index is 12.0. The first kappa shape index (κ1) is 14.8. The SMILES string of the molecule is COc1ccc(-c2cnn(C(=O)OCc3ccccc3)c2)cc1. The Morgan fingerprint density at radius 1 is 1.04 bits per heavy atom. The predicted molar refractivity (Wildman–Crippen MR) is 86.2 cm³/mol. The molecule has 3 aromatic rings. The summed E-state index contributed by atoms with van der Waals surface area (Å²) in [6.45, 7) is 0.220. The van der Waals surface area contributed by atoms with E-state index in [0.29, 0.717) is 0 Å². The fourth-order valence-corrected chi connectivity index (χ4v) is 2.14. The lowest BCUT2D eigenvalue weighted by Crippen LogP contribution is -2.13. The molecule has 0 aliphatic heterocycles. The molecule has 0 saturated heterocycles. The molecule has 0 aliphatic carbocycles. The summed E-state index contributed by atoms with van der Waals surface area (Å²) in [6.07, 6.45) is 2.77. The summed E-state index contributed by atoms with van der Waals surface area (Å²) in [5.41, 5.74) is 2.72. The summed E-state index contributed by atoms with van der Waals surface area (Å²) in [5, 5.41) is 4.06. The summed E-state index contributed by atoms with van der Waals surface area (Å²) in [6, 6.07) is 17.1. The van der Waals surface area contributed by atoms with Crippen molar-refractivity contribution in [3.8, 4) is 16.9 Å². The minimum atomic E-state index is -0.506. The third-order valence-electron chi connectivity index (χ3n) is 3.40. The van der Waals surface area contributed by atoms with E-state index in [0.717, 1.165) is 22.4 Å². The fourth-order valence-electron chi connectivity index (χ4n) is 2.14. The molecule has 116 valence electrons. The number of aromatic nitrogens is 2. The summed E-state index contributed by atoms with van der Waals surface area (Å²) < 4.78 is 11.6. The number of carbonyl (C=O) groups is 1. The summed E-state index contributed by atoms with van der Waals surface area (Å²) >= 11 is 0. The molecule has 0 spiro atoms. The van der Waals surface area contributed by atoms with E-state index in [4.69, 9.17) is 9.47 Å². The quantitative estimate of drug-likeness (QED) is 0.736. The number of methoxy groups -OCH3 is 1. The Labute approximate surface area is 134 Å². The Kier molecular flexibility index (Phi) is 4.38. The van der Waals surface area contributed by atoms with Gasteiger partial charge in [-0.3, -0.25) is 0 Å². The second-order valence-corrected chi connectivity index (χ2v) is 4.94. The van der Waals surface area contributed by atoms with E-state index in [-0.39, 0.29) is 6.61 Å². The highest BCUT2D eigenvalue weighted by molar-refractivity contribution is 5.72. The first-order valence-electron chi connectivity index (χ1n) is 7.16. The van der Waals surface area contributed by atoms with Gasteiger partial charge < -0.3 is 9.47 Å². The van der Waals surface area contributed by atoms with E-state index in [1.807, 2.05) is 54.6 Å². The van der Waals surface area contributed by atoms with Crippen molar-refractivity contribution in [2.75, 3.05) is 7.11 Å². The molecule has 1 aromatic heterocycles. The molecule has 0 N–H and O–H groups in total. The number of carbonyl (C=O) groups excluding carboxylic acids is 1. The molecule has 2 aromatic carbocycles. The molecule has 3 rings (SSSR count). The zero-order valence-electron chi connectivity index (χ0n) is 12.7. The number of nitrogens with zero attached hydrogens (tertiary/aromatic N) is 2. The molecule has 0 fully saturated rings. The fraction of sp³-hybridized carbons (Fsp3) is 0.111. The van der Waals surface area contributed by atoms with Crippen molar-refractivity contribution in [3.63, 3.8) is 0 Å². The van der Waals surface area contributed by atoms with E-state index >= 15 is 0 Å². The van der Waals surface area contributed by atoms with Gasteiger partial charge in [-0.25, -0.2) is 4.79 Å². The average molecular weight is 308 g/mol. The van der Waals surface area contributed by atoms with Crippen molar-refractivity contribution in [1.29, 1.82) is 0 Å². The highest BCUT2D eigenvalue weighted by Crippen LogP contribution is 2.21. The molecule has 0 radical (unpaired) electrons. The summed E-state index contributed by atoms with van der Waals surface area (Å²) in [5.74, 6) is 0.781. The third kappa shape index (κ3) is 3.58. The monoisotopic (exact) mass is 308 g/mol. The maximum atomic E-state index is 12.0. The molecule has 23 heavy (non-hydrogen) atoms. The van der Waals surface area contributed by atoms with Gasteiger partial charge in [-0.05, 0) is 23.3 Å². The Bertz CT molecular complexity index is 780. The zero-order chi connectivity index (χ0) is 16.1. The lowest BCUT2D eigenvalue weighted by atomic mass is 10.1. The van der Waals surface area contributed by atoms with Gasteiger partial charge in [-0.1, -0.05) is 42.5 Å². The molecule has 1 heterocycles. The molecule has 0 unspecified atom stereocenters. The number of hydrogen-bond donors (Lipinski definition) is 0. The molecule has 5 heteroatoms. The largest absolute Gasteiger partial charge is 0.497 e. The number of ether oxygens (including phenoxy) is 2. The summed E-state index contributed by atoms with van der Waals surface area (Å²) in [7, 11) is 1.62. The maximum Gasteiger partial charge on any atom is 0.435 e. The van der Waals surface area contributed by atoms with Crippen molar-refractivity contribution in [2.45, 2.75) is 6.61 Å². The van der Waals surface area contributed by atoms with Crippen molar-refractivity contribution in [1.82, 2.24) is 9.78 Å². The van der Waals surface area contributed by atoms with Crippen molar-refractivity contribution >= 4 is 6.09 Å². The number of hydrogen-bond acceptors (Lipinski definition) is 4. The zero-order valence-corrected chi connectivity index (χ0v) is 12.7. The van der Waals surface area contributed by atoms with Gasteiger partial charge in [0.25, 0.3) is 0 Å². The second kappa shape index (κ2) is 6.79. The Morgan fingerprint density at radius 2 is 1.78 bits per heavy atom. The first-order valence-corrected chi connectivity index (χ1v) is 7.16. The standard InChI is InChI=1S/C18H16N2O3/c1-22-17-9-7-15(8-10-17)16-11-19-20(12-16)18(21)23-13-14-5-3-2-4-6-14/h2-12H,13H2,1H3. The van der Waals surface area contributed by atoms with Crippen LogP contribution in [0, 0.1) is 0 Å². The van der Waals surface area contributed by atoms with Crippen LogP contribution in [0.5, 0.6) is 5.75 Å². The van der Waals surface area contributed by atoms with E-state index < -0.39 is 6.09 Å². The lowest BCUT2D eigenvalue weighted by Gasteiger charge is -2.04. The van der Waals surface area contributed by atoms with E-state index in [1.165, 1.54) is 4.68 Å². The molecule has 0 amide bonds. The molecule has 0 bridgehead atoms. The Morgan fingerprint density at radius 3 is 2.48 bits per heavy atom. The van der Waals surface area contributed by atoms with Gasteiger partial charge in [0, 0.05) is 11.8 Å². The van der Waals surface area contributed by atoms with Crippen LogP contribution in [0.25, 0.3) is 11.1 Å². The van der Waals surface area contributed by atoms with Crippen molar-refractivity contribution < 1.29 is 14.3 Å². The molecule has 5 nitrogen and oxygen atoms in total. The van der Waals surface area contributed by atoms with Gasteiger partial charge >= 0.3 is 6.09 Å². The smallest absolute Gasteiger partial charge is 0.435 e. The summed E-state index contributed by atoms with van der Waals surface area (Å²) in [4.78, 5) is 12.0. The molecule has 0 aliphatic rings. The lowest BCUT2D eigenvalue weighted by molar-refractivity contribution is 0.138. The highest BCUT2D eigenvalue weighted by atomic mass is 16.6. The van der Waals surface area contributed by atoms with E-state index in [9.17, 15) is 4.79 Å². The minimum absolute atomic E-state index is 0.220. The van der Waals surface area contributed by atoms with Crippen LogP contribution in [0.15, 0.2) is 67.0 Å². The van der Waals surface area contributed by atoms with Crippen LogP contribution in [0.1, 0.15) is 5.56 Å². The highest BCUT2D eigenvalue weighted by Gasteiger charge is 2.10. The topological polar surface area (TPSA) is 53.4 Å². The predicted octanol–water partition coefficient (Wildman–Crippen LogP) is 3.74. The van der Waals surface area contributed by atoms with Crippen molar-refractivity contribution in [3.05, 3.63) is 72.6 Å². The molecular formula is C18H16N2O3. The Balaban J connectivity index is 1.67. The number of benzene rings is 2. The number of rotatable bonds is 4. The second-order valence-electron chi connectivity index (χ2n) is 4.94. The third-order valence-corrected chi connectivity index (χ3v) is 3.40. The van der Waals surface area contributed by atoms with Crippen LogP contribution in [-0.2, 0) is 11.3 Å². The van der Waals surface area contributed by atoms with Crippen LogP contribution in [0.2, 0.25) is 0 Å². The van der Waals surface area contributed by atoms with Gasteiger partial charge in [0.05, 0.1) is 13.3 Å². The average Bonchev–Trinajstić information content (AvgIpc) is 3.11. The van der Waals surface area contributed by atoms with Crippen LogP contribution in [-0.4, -0.2) is 23.0 Å². The minimum Gasteiger partial charge on any atom is -0.497 e. The van der Waals surface area contributed by atoms with Gasteiger partial charge in [0.1, 0.15) is 12.4 Å². The van der Waals surface area contributed by atoms with E-state index in [2.05, 4.69) is 5.10 Å².